The highest BCUT2D eigenvalue weighted by Crippen LogP contribution is 2.42. The Morgan fingerprint density at radius 2 is 1.91 bits per heavy atom. The van der Waals surface area contributed by atoms with Crippen LogP contribution in [0.5, 0.6) is 0 Å². The molecule has 0 N–H and O–H groups in total. The Kier molecular flexibility index (Phi) is 10.6. The number of methoxy groups -OCH3 is 1. The molecule has 0 bridgehead atoms. The standard InChI is InChI=1S/C32H46ClN3O6Si/c1-21-27-24(35(30(21)31(38)39-6)15-11-18-42-43(7,8)32(3,4)5)14-13-23(33)29(27)28-22(2)34-36(25(28)20-37)16-19-41-26-12-9-10-17-40-26/h13-14,20,26H,9-12,15-19H2,1-8H3. The van der Waals surface area contributed by atoms with Gasteiger partial charge in [0.2, 0.25) is 0 Å². The van der Waals surface area contributed by atoms with Crippen molar-refractivity contribution in [2.75, 3.05) is 26.9 Å². The van der Waals surface area contributed by atoms with Crippen molar-refractivity contribution in [3.8, 4) is 11.1 Å². The van der Waals surface area contributed by atoms with Gasteiger partial charge >= 0.3 is 5.97 Å². The van der Waals surface area contributed by atoms with Gasteiger partial charge in [-0.2, -0.15) is 5.10 Å². The molecule has 1 aliphatic rings. The van der Waals surface area contributed by atoms with Crippen LogP contribution in [0.15, 0.2) is 12.1 Å². The zero-order valence-corrected chi connectivity index (χ0v) is 28.6. The Morgan fingerprint density at radius 1 is 1.16 bits per heavy atom. The normalized spacial score (nSPS) is 16.2. The number of halogens is 1. The zero-order chi connectivity index (χ0) is 31.5. The van der Waals surface area contributed by atoms with Gasteiger partial charge in [0.25, 0.3) is 0 Å². The molecular weight excluding hydrogens is 586 g/mol. The Labute approximate surface area is 260 Å². The number of hydrogen-bond donors (Lipinski definition) is 0. The lowest BCUT2D eigenvalue weighted by Crippen LogP contribution is -2.41. The second-order valence-electron chi connectivity index (χ2n) is 12.7. The number of aldehydes is 1. The van der Waals surface area contributed by atoms with Crippen LogP contribution in [0.2, 0.25) is 23.2 Å². The third kappa shape index (κ3) is 6.93. The van der Waals surface area contributed by atoms with E-state index in [-0.39, 0.29) is 11.3 Å². The Bertz CT molecular complexity index is 1470. The summed E-state index contributed by atoms with van der Waals surface area (Å²) in [6.07, 6.45) is 4.30. The fourth-order valence-electron chi connectivity index (χ4n) is 5.53. The molecule has 2 aromatic heterocycles. The molecule has 9 nitrogen and oxygen atoms in total. The number of ether oxygens (including phenoxy) is 3. The second kappa shape index (κ2) is 13.6. The lowest BCUT2D eigenvalue weighted by atomic mass is 9.97. The average Bonchev–Trinajstić information content (AvgIpc) is 3.43. The van der Waals surface area contributed by atoms with Crippen molar-refractivity contribution in [3.63, 3.8) is 0 Å². The SMILES string of the molecule is COC(=O)c1c(C)c2c(-c3c(C)nn(CCOC4CCCCO4)c3C=O)c(Cl)ccc2n1CCCO[Si](C)(C)C(C)(C)C. The van der Waals surface area contributed by atoms with Crippen LogP contribution in [0.4, 0.5) is 0 Å². The fourth-order valence-corrected chi connectivity index (χ4v) is 6.87. The van der Waals surface area contributed by atoms with Crippen molar-refractivity contribution in [2.45, 2.75) is 97.8 Å². The highest BCUT2D eigenvalue weighted by molar-refractivity contribution is 6.74. The fraction of sp³-hybridized carbons (Fsp3) is 0.594. The summed E-state index contributed by atoms with van der Waals surface area (Å²) in [5.74, 6) is -0.425. The molecule has 43 heavy (non-hydrogen) atoms. The lowest BCUT2D eigenvalue weighted by Gasteiger charge is -2.36. The average molecular weight is 632 g/mol. The molecular formula is C32H46ClN3O6Si. The van der Waals surface area contributed by atoms with Crippen LogP contribution < -0.4 is 0 Å². The maximum absolute atomic E-state index is 13.1. The summed E-state index contributed by atoms with van der Waals surface area (Å²) < 4.78 is 26.9. The maximum atomic E-state index is 13.1. The number of aromatic nitrogens is 3. The number of rotatable bonds is 12. The highest BCUT2D eigenvalue weighted by atomic mass is 35.5. The molecule has 4 rings (SSSR count). The number of nitrogens with zero attached hydrogens (tertiary/aromatic N) is 3. The van der Waals surface area contributed by atoms with Crippen LogP contribution in [0.25, 0.3) is 22.0 Å². The first kappa shape index (κ1) is 33.4. The van der Waals surface area contributed by atoms with Crippen LogP contribution in [0.1, 0.15) is 78.7 Å². The predicted molar refractivity (Wildman–Crippen MR) is 172 cm³/mol. The summed E-state index contributed by atoms with van der Waals surface area (Å²) in [5.41, 5.74) is 4.46. The number of carbonyl (C=O) groups excluding carboxylic acids is 2. The van der Waals surface area contributed by atoms with Crippen molar-refractivity contribution in [3.05, 3.63) is 39.8 Å². The first-order chi connectivity index (χ1) is 20.3. The zero-order valence-electron chi connectivity index (χ0n) is 26.8. The van der Waals surface area contributed by atoms with Crippen molar-refractivity contribution in [1.82, 2.24) is 14.3 Å². The summed E-state index contributed by atoms with van der Waals surface area (Å²) in [6, 6.07) is 3.74. The molecule has 0 radical (unpaired) electrons. The molecule has 1 saturated heterocycles. The minimum absolute atomic E-state index is 0.112. The summed E-state index contributed by atoms with van der Waals surface area (Å²) in [7, 11) is -0.519. The minimum atomic E-state index is -1.91. The summed E-state index contributed by atoms with van der Waals surface area (Å²) >= 11 is 6.89. The van der Waals surface area contributed by atoms with Gasteiger partial charge in [-0.05, 0) is 75.4 Å². The Hall–Kier alpha value is -2.50. The molecule has 1 atom stereocenters. The van der Waals surface area contributed by atoms with Crippen molar-refractivity contribution in [1.29, 1.82) is 0 Å². The molecule has 0 saturated carbocycles. The smallest absolute Gasteiger partial charge is 0.354 e. The Morgan fingerprint density at radius 3 is 2.53 bits per heavy atom. The lowest BCUT2D eigenvalue weighted by molar-refractivity contribution is -0.163. The van der Waals surface area contributed by atoms with Crippen LogP contribution in [-0.2, 0) is 31.7 Å². The monoisotopic (exact) mass is 631 g/mol. The van der Waals surface area contributed by atoms with Crippen LogP contribution >= 0.6 is 11.6 Å². The van der Waals surface area contributed by atoms with E-state index in [0.29, 0.717) is 66.1 Å². The van der Waals surface area contributed by atoms with E-state index in [2.05, 4.69) is 33.9 Å². The van der Waals surface area contributed by atoms with Crippen LogP contribution in [0.3, 0.4) is 0 Å². The van der Waals surface area contributed by atoms with Crippen molar-refractivity contribution < 1.29 is 28.2 Å². The summed E-state index contributed by atoms with van der Waals surface area (Å²) in [4.78, 5) is 25.7. The molecule has 1 aromatic carbocycles. The maximum Gasteiger partial charge on any atom is 0.354 e. The van der Waals surface area contributed by atoms with Crippen LogP contribution in [-0.4, -0.2) is 68.1 Å². The topological polar surface area (TPSA) is 93.8 Å². The largest absolute Gasteiger partial charge is 0.464 e. The van der Waals surface area contributed by atoms with Gasteiger partial charge in [0.05, 0.1) is 26.0 Å². The molecule has 0 aliphatic carbocycles. The number of aryl methyl sites for hydroxylation is 3. The molecule has 3 heterocycles. The van der Waals surface area contributed by atoms with Crippen molar-refractivity contribution >= 4 is 43.1 Å². The second-order valence-corrected chi connectivity index (χ2v) is 18.0. The predicted octanol–water partition coefficient (Wildman–Crippen LogP) is 7.33. The van der Waals surface area contributed by atoms with Crippen LogP contribution in [0, 0.1) is 13.8 Å². The van der Waals surface area contributed by atoms with Gasteiger partial charge in [0.1, 0.15) is 11.4 Å². The third-order valence-electron chi connectivity index (χ3n) is 8.87. The molecule has 1 aliphatic heterocycles. The third-order valence-corrected chi connectivity index (χ3v) is 13.7. The molecule has 0 spiro atoms. The molecule has 1 fully saturated rings. The number of fused-ring (bicyclic) bond motifs is 1. The van der Waals surface area contributed by atoms with Gasteiger partial charge in [0, 0.05) is 46.8 Å². The van der Waals surface area contributed by atoms with E-state index in [1.807, 2.05) is 30.5 Å². The first-order valence-electron chi connectivity index (χ1n) is 15.1. The first-order valence-corrected chi connectivity index (χ1v) is 18.4. The minimum Gasteiger partial charge on any atom is -0.464 e. The van der Waals surface area contributed by atoms with E-state index in [0.717, 1.165) is 48.4 Å². The number of esters is 1. The molecule has 1 unspecified atom stereocenters. The van der Waals surface area contributed by atoms with E-state index in [1.165, 1.54) is 7.11 Å². The Balaban J connectivity index is 1.71. The van der Waals surface area contributed by atoms with E-state index < -0.39 is 14.3 Å². The van der Waals surface area contributed by atoms with E-state index in [4.69, 9.17) is 35.3 Å². The molecule has 11 heteroatoms. The molecule has 3 aromatic rings. The van der Waals surface area contributed by atoms with Gasteiger partial charge in [-0.3, -0.25) is 9.48 Å². The number of benzene rings is 1. The highest BCUT2D eigenvalue weighted by Gasteiger charge is 2.37. The van der Waals surface area contributed by atoms with E-state index in [9.17, 15) is 9.59 Å². The quantitative estimate of drug-likeness (QED) is 0.0894. The van der Waals surface area contributed by atoms with Gasteiger partial charge in [0.15, 0.2) is 20.9 Å². The summed E-state index contributed by atoms with van der Waals surface area (Å²) in [6.45, 7) is 17.5. The van der Waals surface area contributed by atoms with E-state index >= 15 is 0 Å². The number of carbonyl (C=O) groups is 2. The number of hydrogen-bond acceptors (Lipinski definition) is 7. The van der Waals surface area contributed by atoms with Crippen molar-refractivity contribution in [2.24, 2.45) is 0 Å². The van der Waals surface area contributed by atoms with Gasteiger partial charge in [-0.1, -0.05) is 32.4 Å². The van der Waals surface area contributed by atoms with Gasteiger partial charge in [-0.15, -0.1) is 0 Å². The molecule has 236 valence electrons. The molecule has 0 amide bonds. The van der Waals surface area contributed by atoms with Gasteiger partial charge < -0.3 is 23.2 Å². The summed E-state index contributed by atoms with van der Waals surface area (Å²) in [5, 5.41) is 6.09. The van der Waals surface area contributed by atoms with E-state index in [1.54, 1.807) is 4.68 Å². The van der Waals surface area contributed by atoms with Gasteiger partial charge in [-0.25, -0.2) is 4.79 Å².